The van der Waals surface area contributed by atoms with Crippen LogP contribution in [-0.2, 0) is 9.47 Å². The molecule has 0 saturated carbocycles. The summed E-state index contributed by atoms with van der Waals surface area (Å²) in [7, 11) is 0. The minimum absolute atomic E-state index is 0.0343. The minimum atomic E-state index is -1.61. The van der Waals surface area contributed by atoms with Crippen molar-refractivity contribution < 1.29 is 9.47 Å². The topological polar surface area (TPSA) is 18.5 Å². The van der Waals surface area contributed by atoms with Crippen molar-refractivity contribution in [1.29, 1.82) is 0 Å². The van der Waals surface area contributed by atoms with E-state index in [0.29, 0.717) is 0 Å². The van der Waals surface area contributed by atoms with Crippen molar-refractivity contribution >= 4 is 20.8 Å². The van der Waals surface area contributed by atoms with Crippen molar-refractivity contribution in [1.82, 2.24) is 0 Å². The molecule has 0 amide bonds. The van der Waals surface area contributed by atoms with Crippen LogP contribution in [0.1, 0.15) is 0 Å². The Balaban J connectivity index is 2.41. The van der Waals surface area contributed by atoms with Gasteiger partial charge in [-0.25, -0.2) is 0 Å². The Labute approximate surface area is 76.3 Å². The summed E-state index contributed by atoms with van der Waals surface area (Å²) in [5.74, 6) is 0. The van der Waals surface area contributed by atoms with Crippen molar-refractivity contribution in [3.63, 3.8) is 0 Å². The van der Waals surface area contributed by atoms with Crippen molar-refractivity contribution in [3.8, 4) is 0 Å². The van der Waals surface area contributed by atoms with Gasteiger partial charge < -0.3 is 0 Å². The molecular formula is C7H16BrO2P. The SMILES string of the molecule is CP(C)(C)(Br)CC1OCCO1. The number of halogens is 1. The second kappa shape index (κ2) is 2.95. The van der Waals surface area contributed by atoms with Crippen LogP contribution in [-0.4, -0.2) is 45.7 Å². The van der Waals surface area contributed by atoms with Gasteiger partial charge in [0.1, 0.15) is 0 Å². The van der Waals surface area contributed by atoms with Gasteiger partial charge in [-0.3, -0.25) is 0 Å². The zero-order valence-electron chi connectivity index (χ0n) is 7.34. The summed E-state index contributed by atoms with van der Waals surface area (Å²) in [6.07, 6.45) is 1.04. The van der Waals surface area contributed by atoms with E-state index in [0.717, 1.165) is 19.4 Å². The molecule has 1 aliphatic heterocycles. The van der Waals surface area contributed by atoms with E-state index in [9.17, 15) is 0 Å². The van der Waals surface area contributed by atoms with Crippen LogP contribution in [0.3, 0.4) is 0 Å². The summed E-state index contributed by atoms with van der Waals surface area (Å²) in [6.45, 7) is 8.29. The van der Waals surface area contributed by atoms with Crippen molar-refractivity contribution in [2.45, 2.75) is 6.29 Å². The Bertz CT molecular complexity index is 137. The molecule has 11 heavy (non-hydrogen) atoms. The van der Waals surface area contributed by atoms with Crippen LogP contribution in [0.4, 0.5) is 0 Å². The van der Waals surface area contributed by atoms with Crippen LogP contribution in [0.15, 0.2) is 0 Å². The molecule has 0 radical (unpaired) electrons. The third-order valence-electron chi connectivity index (χ3n) is 1.46. The molecule has 0 aromatic rings. The Hall–Kier alpha value is 0.830. The van der Waals surface area contributed by atoms with E-state index in [1.165, 1.54) is 0 Å². The summed E-state index contributed by atoms with van der Waals surface area (Å²) in [4.78, 5) is 0. The second-order valence-corrected chi connectivity index (χ2v) is 18.4. The molecule has 0 bridgehead atoms. The molecule has 0 N–H and O–H groups in total. The Morgan fingerprint density at radius 1 is 1.27 bits per heavy atom. The number of hydrogen-bond donors (Lipinski definition) is 0. The van der Waals surface area contributed by atoms with Crippen LogP contribution in [0, 0.1) is 0 Å². The fraction of sp³-hybridized carbons (Fsp3) is 1.00. The Morgan fingerprint density at radius 2 is 1.73 bits per heavy atom. The van der Waals surface area contributed by atoms with E-state index >= 15 is 0 Å². The summed E-state index contributed by atoms with van der Waals surface area (Å²) in [6, 6.07) is 0. The molecule has 0 aromatic carbocycles. The molecule has 1 heterocycles. The summed E-state index contributed by atoms with van der Waals surface area (Å²) in [5.41, 5.74) is 0. The molecule has 2 nitrogen and oxygen atoms in total. The first-order valence-corrected chi connectivity index (χ1v) is 9.57. The van der Waals surface area contributed by atoms with Gasteiger partial charge in [0.05, 0.1) is 0 Å². The van der Waals surface area contributed by atoms with Gasteiger partial charge in [0, 0.05) is 0 Å². The maximum atomic E-state index is 5.37. The van der Waals surface area contributed by atoms with Gasteiger partial charge in [-0.1, -0.05) is 0 Å². The monoisotopic (exact) mass is 242 g/mol. The third-order valence-corrected chi connectivity index (χ3v) is 3.86. The van der Waals surface area contributed by atoms with Crippen molar-refractivity contribution in [3.05, 3.63) is 0 Å². The molecule has 0 atom stereocenters. The average Bonchev–Trinajstić information content (AvgIpc) is 2.09. The van der Waals surface area contributed by atoms with E-state index in [1.807, 2.05) is 0 Å². The van der Waals surface area contributed by atoms with E-state index in [1.54, 1.807) is 0 Å². The van der Waals surface area contributed by atoms with E-state index in [-0.39, 0.29) is 6.29 Å². The second-order valence-electron chi connectivity index (χ2n) is 4.27. The van der Waals surface area contributed by atoms with E-state index in [4.69, 9.17) is 9.47 Å². The number of rotatable bonds is 2. The van der Waals surface area contributed by atoms with Crippen molar-refractivity contribution in [2.24, 2.45) is 0 Å². The third kappa shape index (κ3) is 4.41. The molecule has 1 aliphatic rings. The molecular weight excluding hydrogens is 227 g/mol. The number of hydrogen-bond acceptors (Lipinski definition) is 2. The van der Waals surface area contributed by atoms with Gasteiger partial charge in [-0.2, -0.15) is 0 Å². The first-order valence-electron chi connectivity index (χ1n) is 3.78. The average molecular weight is 243 g/mol. The van der Waals surface area contributed by atoms with Crippen molar-refractivity contribution in [2.75, 3.05) is 39.4 Å². The fourth-order valence-corrected chi connectivity index (χ4v) is 2.94. The van der Waals surface area contributed by atoms with Gasteiger partial charge in [0.15, 0.2) is 0 Å². The summed E-state index contributed by atoms with van der Waals surface area (Å²) < 4.78 is 10.7. The van der Waals surface area contributed by atoms with Gasteiger partial charge >= 0.3 is 75.9 Å². The molecule has 0 spiro atoms. The standard InChI is InChI=1S/C7H16BrO2P/c1-11(2,3,8)6-7-9-4-5-10-7/h7H,4-6H2,1-3H3. The number of ether oxygens (including phenoxy) is 2. The fourth-order valence-electron chi connectivity index (χ4n) is 1.02. The summed E-state index contributed by atoms with van der Waals surface area (Å²) >= 11 is 3.76. The van der Waals surface area contributed by atoms with Crippen LogP contribution in [0.5, 0.6) is 0 Å². The molecule has 1 rings (SSSR count). The molecule has 0 aromatic heterocycles. The molecule has 0 aliphatic carbocycles. The van der Waals surface area contributed by atoms with Gasteiger partial charge in [0.25, 0.3) is 0 Å². The van der Waals surface area contributed by atoms with E-state index < -0.39 is 5.31 Å². The maximum absolute atomic E-state index is 5.37. The summed E-state index contributed by atoms with van der Waals surface area (Å²) in [5, 5.41) is -1.61. The quantitative estimate of drug-likeness (QED) is 0.691. The van der Waals surface area contributed by atoms with Crippen LogP contribution >= 0.6 is 20.8 Å². The normalized spacial score (nSPS) is 24.9. The molecule has 1 fully saturated rings. The zero-order chi connectivity index (χ0) is 8.56. The molecule has 1 saturated heterocycles. The predicted molar refractivity (Wildman–Crippen MR) is 54.2 cm³/mol. The molecule has 0 unspecified atom stereocenters. The molecule has 4 heteroatoms. The Kier molecular flexibility index (Phi) is 2.66. The molecule has 68 valence electrons. The van der Waals surface area contributed by atoms with Crippen LogP contribution in [0.25, 0.3) is 0 Å². The van der Waals surface area contributed by atoms with Gasteiger partial charge in [0.2, 0.25) is 0 Å². The van der Waals surface area contributed by atoms with E-state index in [2.05, 4.69) is 35.5 Å². The first kappa shape index (κ1) is 9.91. The zero-order valence-corrected chi connectivity index (χ0v) is 9.82. The van der Waals surface area contributed by atoms with Gasteiger partial charge in [-0.15, -0.1) is 0 Å². The first-order chi connectivity index (χ1) is 4.83. The van der Waals surface area contributed by atoms with Gasteiger partial charge in [-0.05, 0) is 0 Å². The van der Waals surface area contributed by atoms with Crippen LogP contribution in [0.2, 0.25) is 0 Å². The van der Waals surface area contributed by atoms with Crippen LogP contribution < -0.4 is 0 Å². The predicted octanol–water partition coefficient (Wildman–Crippen LogP) is 2.11. The Morgan fingerprint density at radius 3 is 2.09 bits per heavy atom.